The van der Waals surface area contributed by atoms with E-state index in [1.54, 1.807) is 30.6 Å². The van der Waals surface area contributed by atoms with Crippen molar-refractivity contribution >= 4 is 33.5 Å². The number of rotatable bonds is 2. The summed E-state index contributed by atoms with van der Waals surface area (Å²) in [6.45, 7) is 13.1. The molecule has 0 radical (unpaired) electrons. The molecule has 0 aliphatic carbocycles. The Labute approximate surface area is 266 Å². The monoisotopic (exact) mass is 632 g/mol. The first-order valence-electron chi connectivity index (χ1n) is 15.9. The molecule has 3 aliphatic heterocycles. The average molecular weight is 633 g/mol. The molecule has 3 aliphatic rings. The summed E-state index contributed by atoms with van der Waals surface area (Å²) in [7, 11) is -4.25. The first-order valence-corrected chi connectivity index (χ1v) is 17.4. The fourth-order valence-corrected chi connectivity index (χ4v) is 8.00. The van der Waals surface area contributed by atoms with Crippen LogP contribution in [0.25, 0.3) is 0 Å². The molecule has 1 amide bonds. The first-order chi connectivity index (χ1) is 21.3. The summed E-state index contributed by atoms with van der Waals surface area (Å²) in [6, 6.07) is 10.3. The van der Waals surface area contributed by atoms with Gasteiger partial charge in [0, 0.05) is 54.7 Å². The standard InChI is InChI=1S/C33H44N8O3S/c1-32(2,3)26-13-11-24-29(37-26)41-21-22(20-33(41,4)5)10-12-25(23-14-18-40(19-15-23)31-34-16-7-17-35-31)36-27-8-6-9-28(38-27)45(43,44)39-30(24)42/h6-9,11,13,16-17,22-23,25H,10,12,14-15,18-21H2,1-5H3,(H,36,38)(H,39,42)/t22-,25?/m0/s1. The molecule has 2 atom stereocenters. The van der Waals surface area contributed by atoms with Gasteiger partial charge in [-0.1, -0.05) is 26.8 Å². The molecular formula is C33H44N8O3S. The molecule has 11 nitrogen and oxygen atoms in total. The summed E-state index contributed by atoms with van der Waals surface area (Å²) < 4.78 is 29.3. The Kier molecular flexibility index (Phi) is 8.21. The summed E-state index contributed by atoms with van der Waals surface area (Å²) >= 11 is 0. The number of carbonyl (C=O) groups excluding carboxylic acids is 1. The molecular weight excluding hydrogens is 588 g/mol. The van der Waals surface area contributed by atoms with E-state index in [9.17, 15) is 13.2 Å². The summed E-state index contributed by atoms with van der Waals surface area (Å²) in [4.78, 5) is 36.5. The van der Waals surface area contributed by atoms with Crippen molar-refractivity contribution < 1.29 is 13.2 Å². The Balaban J connectivity index is 1.35. The quantitative estimate of drug-likeness (QED) is 0.407. The van der Waals surface area contributed by atoms with Gasteiger partial charge >= 0.3 is 0 Å². The zero-order valence-corrected chi connectivity index (χ0v) is 27.6. The van der Waals surface area contributed by atoms with Crippen molar-refractivity contribution in [3.63, 3.8) is 0 Å². The molecule has 4 bridgehead atoms. The van der Waals surface area contributed by atoms with E-state index in [2.05, 4.69) is 69.4 Å². The molecule has 6 heterocycles. The van der Waals surface area contributed by atoms with E-state index in [1.165, 1.54) is 6.07 Å². The Bertz CT molecular complexity index is 1650. The Hall–Kier alpha value is -3.80. The lowest BCUT2D eigenvalue weighted by Gasteiger charge is -2.37. The zero-order chi connectivity index (χ0) is 32.0. The highest BCUT2D eigenvalue weighted by Gasteiger charge is 2.42. The number of piperidine rings is 1. The molecule has 2 N–H and O–H groups in total. The molecule has 240 valence electrons. The molecule has 0 spiro atoms. The van der Waals surface area contributed by atoms with Gasteiger partial charge in [0.2, 0.25) is 5.95 Å². The number of hydrogen-bond acceptors (Lipinski definition) is 10. The second-order valence-corrected chi connectivity index (χ2v) is 15.9. The van der Waals surface area contributed by atoms with Crippen LogP contribution in [-0.2, 0) is 15.4 Å². The third kappa shape index (κ3) is 6.61. The van der Waals surface area contributed by atoms with Crippen LogP contribution >= 0.6 is 0 Å². The molecule has 3 aromatic heterocycles. The molecule has 12 heteroatoms. The van der Waals surface area contributed by atoms with E-state index in [1.807, 2.05) is 12.1 Å². The van der Waals surface area contributed by atoms with Crippen LogP contribution in [0.5, 0.6) is 0 Å². The minimum atomic E-state index is -4.25. The van der Waals surface area contributed by atoms with E-state index < -0.39 is 15.9 Å². The summed E-state index contributed by atoms with van der Waals surface area (Å²) in [5.41, 5.74) is 0.578. The Morgan fingerprint density at radius 2 is 1.67 bits per heavy atom. The molecule has 0 saturated carbocycles. The predicted molar refractivity (Wildman–Crippen MR) is 175 cm³/mol. The minimum Gasteiger partial charge on any atom is -0.367 e. The maximum absolute atomic E-state index is 13.7. The lowest BCUT2D eigenvalue weighted by molar-refractivity contribution is 0.0981. The predicted octanol–water partition coefficient (Wildman–Crippen LogP) is 4.78. The molecule has 2 saturated heterocycles. The van der Waals surface area contributed by atoms with E-state index in [0.29, 0.717) is 23.5 Å². The van der Waals surface area contributed by atoms with Crippen LogP contribution in [0.15, 0.2) is 53.8 Å². The van der Waals surface area contributed by atoms with Crippen LogP contribution in [0.2, 0.25) is 0 Å². The van der Waals surface area contributed by atoms with Gasteiger partial charge in [0.05, 0.1) is 5.56 Å². The van der Waals surface area contributed by atoms with Crippen molar-refractivity contribution in [1.82, 2.24) is 24.7 Å². The number of nitrogens with one attached hydrogen (secondary N) is 2. The van der Waals surface area contributed by atoms with Gasteiger partial charge in [0.25, 0.3) is 15.9 Å². The van der Waals surface area contributed by atoms with Gasteiger partial charge in [-0.2, -0.15) is 8.42 Å². The van der Waals surface area contributed by atoms with Gasteiger partial charge in [-0.3, -0.25) is 4.79 Å². The van der Waals surface area contributed by atoms with Crippen molar-refractivity contribution in [2.24, 2.45) is 11.8 Å². The Morgan fingerprint density at radius 1 is 0.933 bits per heavy atom. The van der Waals surface area contributed by atoms with Crippen LogP contribution in [0, 0.1) is 11.8 Å². The molecule has 6 rings (SSSR count). The maximum atomic E-state index is 13.7. The molecule has 0 aromatic carbocycles. The molecule has 45 heavy (non-hydrogen) atoms. The van der Waals surface area contributed by atoms with Crippen LogP contribution in [0.4, 0.5) is 17.6 Å². The van der Waals surface area contributed by atoms with Crippen LogP contribution in [0.3, 0.4) is 0 Å². The second kappa shape index (κ2) is 11.9. The fraction of sp³-hybridized carbons (Fsp3) is 0.545. The minimum absolute atomic E-state index is 0.101. The van der Waals surface area contributed by atoms with Crippen molar-refractivity contribution in [2.75, 3.05) is 34.8 Å². The van der Waals surface area contributed by atoms with Gasteiger partial charge in [-0.25, -0.2) is 24.7 Å². The molecule has 2 fully saturated rings. The summed E-state index contributed by atoms with van der Waals surface area (Å²) in [5.74, 6) is 1.81. The van der Waals surface area contributed by atoms with Crippen molar-refractivity contribution in [3.8, 4) is 0 Å². The van der Waals surface area contributed by atoms with E-state index in [-0.39, 0.29) is 27.6 Å². The zero-order valence-electron chi connectivity index (χ0n) is 26.8. The SMILES string of the molecule is CC(C)(C)c1ccc2c(n1)N1C[C@@H](CCC(C3CCN(c4ncccn4)CC3)Nc3cccc(n3)S(=O)(=O)NC2=O)CC1(C)C. The van der Waals surface area contributed by atoms with Gasteiger partial charge in [-0.05, 0) is 88.1 Å². The number of nitrogens with zero attached hydrogens (tertiary/aromatic N) is 6. The van der Waals surface area contributed by atoms with Crippen LogP contribution in [-0.4, -0.2) is 65.5 Å². The smallest absolute Gasteiger partial charge is 0.281 e. The van der Waals surface area contributed by atoms with E-state index in [0.717, 1.165) is 63.4 Å². The molecule has 1 unspecified atom stereocenters. The largest absolute Gasteiger partial charge is 0.367 e. The van der Waals surface area contributed by atoms with Crippen LogP contribution in [0.1, 0.15) is 82.8 Å². The first kappa shape index (κ1) is 31.2. The van der Waals surface area contributed by atoms with Crippen molar-refractivity contribution in [3.05, 3.63) is 60.0 Å². The topological polar surface area (TPSA) is 133 Å². The van der Waals surface area contributed by atoms with Gasteiger partial charge in [0.1, 0.15) is 11.6 Å². The highest BCUT2D eigenvalue weighted by molar-refractivity contribution is 7.90. The van der Waals surface area contributed by atoms with Gasteiger partial charge < -0.3 is 15.1 Å². The normalized spacial score (nSPS) is 23.7. The number of carbonyl (C=O) groups is 1. The fourth-order valence-electron chi connectivity index (χ4n) is 7.06. The lowest BCUT2D eigenvalue weighted by Crippen LogP contribution is -2.41. The number of fused-ring (bicyclic) bond motifs is 6. The Morgan fingerprint density at radius 3 is 2.38 bits per heavy atom. The van der Waals surface area contributed by atoms with Crippen molar-refractivity contribution in [2.45, 2.75) is 88.7 Å². The average Bonchev–Trinajstić information content (AvgIpc) is 3.32. The number of amides is 1. The van der Waals surface area contributed by atoms with Crippen molar-refractivity contribution in [1.29, 1.82) is 0 Å². The summed E-state index contributed by atoms with van der Waals surface area (Å²) in [6.07, 6.45) is 8.30. The number of aromatic nitrogens is 4. The number of hydrogen-bond donors (Lipinski definition) is 2. The lowest BCUT2D eigenvalue weighted by atomic mass is 9.84. The van der Waals surface area contributed by atoms with Gasteiger partial charge in [0.15, 0.2) is 5.03 Å². The van der Waals surface area contributed by atoms with E-state index in [4.69, 9.17) is 4.98 Å². The van der Waals surface area contributed by atoms with E-state index >= 15 is 0 Å². The third-order valence-electron chi connectivity index (χ3n) is 9.49. The maximum Gasteiger partial charge on any atom is 0.281 e. The van der Waals surface area contributed by atoms with Crippen LogP contribution < -0.4 is 19.8 Å². The summed E-state index contributed by atoms with van der Waals surface area (Å²) in [5, 5.41) is 3.42. The van der Waals surface area contributed by atoms with Gasteiger partial charge in [-0.15, -0.1) is 0 Å². The number of pyridine rings is 2. The third-order valence-corrected chi connectivity index (χ3v) is 10.7. The highest BCUT2D eigenvalue weighted by Crippen LogP contribution is 2.41. The molecule has 3 aromatic rings. The number of anilines is 3. The number of sulfonamides is 1. The highest BCUT2D eigenvalue weighted by atomic mass is 32.2. The second-order valence-electron chi connectivity index (χ2n) is 14.3.